The molecule has 1 saturated carbocycles. The van der Waals surface area contributed by atoms with E-state index in [1.165, 1.54) is 17.8 Å². The standard InChI is InChI=1S/C9H11F2N3O2/c1-5(8(15)16)14-4-12-13-7(14)6-2-9(10,11)3-6/h4-6H,2-3H2,1H3,(H,15,16). The first-order chi connectivity index (χ1) is 7.41. The van der Waals surface area contributed by atoms with E-state index in [0.717, 1.165) is 0 Å². The van der Waals surface area contributed by atoms with Crippen LogP contribution in [0, 0.1) is 0 Å². The second-order valence-corrected chi connectivity index (χ2v) is 4.07. The van der Waals surface area contributed by atoms with Crippen molar-refractivity contribution < 1.29 is 18.7 Å². The van der Waals surface area contributed by atoms with Crippen LogP contribution in [0.2, 0.25) is 0 Å². The quantitative estimate of drug-likeness (QED) is 0.854. The summed E-state index contributed by atoms with van der Waals surface area (Å²) >= 11 is 0. The minimum Gasteiger partial charge on any atom is -0.480 e. The third-order valence-electron chi connectivity index (χ3n) is 2.83. The molecule has 0 bridgehead atoms. The zero-order valence-electron chi connectivity index (χ0n) is 8.60. The van der Waals surface area contributed by atoms with Gasteiger partial charge in [0.05, 0.1) is 0 Å². The van der Waals surface area contributed by atoms with Crippen LogP contribution in [0.3, 0.4) is 0 Å². The fourth-order valence-corrected chi connectivity index (χ4v) is 1.81. The van der Waals surface area contributed by atoms with Gasteiger partial charge in [0.2, 0.25) is 5.92 Å². The lowest BCUT2D eigenvalue weighted by Crippen LogP contribution is -2.36. The number of hydrogen-bond acceptors (Lipinski definition) is 3. The highest BCUT2D eigenvalue weighted by atomic mass is 19.3. The van der Waals surface area contributed by atoms with Gasteiger partial charge in [-0.25, -0.2) is 13.6 Å². The predicted molar refractivity (Wildman–Crippen MR) is 49.3 cm³/mol. The number of carboxylic acid groups (broad SMARTS) is 1. The van der Waals surface area contributed by atoms with Crippen LogP contribution < -0.4 is 0 Å². The lowest BCUT2D eigenvalue weighted by Gasteiger charge is -2.34. The van der Waals surface area contributed by atoms with Crippen molar-refractivity contribution in [3.8, 4) is 0 Å². The molecular formula is C9H11F2N3O2. The molecule has 0 amide bonds. The number of carbonyl (C=O) groups is 1. The van der Waals surface area contributed by atoms with Crippen LogP contribution in [0.4, 0.5) is 8.78 Å². The van der Waals surface area contributed by atoms with Crippen molar-refractivity contribution in [2.24, 2.45) is 0 Å². The Morgan fingerprint density at radius 3 is 2.81 bits per heavy atom. The molecule has 16 heavy (non-hydrogen) atoms. The molecule has 0 saturated heterocycles. The van der Waals surface area contributed by atoms with Crippen LogP contribution in [0.1, 0.15) is 37.5 Å². The SMILES string of the molecule is CC(C(=O)O)n1cnnc1C1CC(F)(F)C1. The van der Waals surface area contributed by atoms with Gasteiger partial charge in [0.15, 0.2) is 0 Å². The third kappa shape index (κ3) is 1.77. The molecular weight excluding hydrogens is 220 g/mol. The molecule has 1 aromatic heterocycles. The lowest BCUT2D eigenvalue weighted by atomic mass is 9.80. The molecule has 1 aliphatic carbocycles. The van der Waals surface area contributed by atoms with E-state index < -0.39 is 17.9 Å². The minimum atomic E-state index is -2.64. The summed E-state index contributed by atoms with van der Waals surface area (Å²) in [5.41, 5.74) is 0. The summed E-state index contributed by atoms with van der Waals surface area (Å²) in [6.45, 7) is 1.46. The van der Waals surface area contributed by atoms with E-state index in [-0.39, 0.29) is 18.8 Å². The van der Waals surface area contributed by atoms with Gasteiger partial charge < -0.3 is 9.67 Å². The third-order valence-corrected chi connectivity index (χ3v) is 2.83. The Kier molecular flexibility index (Phi) is 2.40. The van der Waals surface area contributed by atoms with Crippen molar-refractivity contribution in [3.63, 3.8) is 0 Å². The number of alkyl halides is 2. The molecule has 7 heteroatoms. The summed E-state index contributed by atoms with van der Waals surface area (Å²) in [7, 11) is 0. The van der Waals surface area contributed by atoms with Gasteiger partial charge in [0, 0.05) is 18.8 Å². The molecule has 1 atom stereocenters. The molecule has 1 unspecified atom stereocenters. The number of carboxylic acids is 1. The topological polar surface area (TPSA) is 68.0 Å². The first kappa shape index (κ1) is 11.0. The average molecular weight is 231 g/mol. The Balaban J connectivity index is 2.18. The molecule has 0 aromatic carbocycles. The number of aromatic nitrogens is 3. The van der Waals surface area contributed by atoms with Crippen LogP contribution in [-0.2, 0) is 4.79 Å². The summed E-state index contributed by atoms with van der Waals surface area (Å²) in [6, 6.07) is -0.834. The molecule has 1 fully saturated rings. The second-order valence-electron chi connectivity index (χ2n) is 4.07. The Labute approximate surface area is 90.1 Å². The van der Waals surface area contributed by atoms with Gasteiger partial charge in [0.1, 0.15) is 18.2 Å². The average Bonchev–Trinajstić information content (AvgIpc) is 2.60. The van der Waals surface area contributed by atoms with Gasteiger partial charge in [-0.15, -0.1) is 10.2 Å². The molecule has 88 valence electrons. The van der Waals surface area contributed by atoms with Gasteiger partial charge in [0.25, 0.3) is 0 Å². The maximum Gasteiger partial charge on any atom is 0.326 e. The van der Waals surface area contributed by atoms with E-state index in [1.54, 1.807) is 0 Å². The fraction of sp³-hybridized carbons (Fsp3) is 0.667. The molecule has 1 aromatic rings. The van der Waals surface area contributed by atoms with Gasteiger partial charge in [-0.05, 0) is 6.92 Å². The summed E-state index contributed by atoms with van der Waals surface area (Å²) < 4.78 is 26.7. The van der Waals surface area contributed by atoms with Crippen LogP contribution in [-0.4, -0.2) is 31.8 Å². The fourth-order valence-electron chi connectivity index (χ4n) is 1.81. The smallest absolute Gasteiger partial charge is 0.326 e. The highest BCUT2D eigenvalue weighted by molar-refractivity contribution is 5.71. The lowest BCUT2D eigenvalue weighted by molar-refractivity contribution is -0.140. The van der Waals surface area contributed by atoms with Gasteiger partial charge in [-0.3, -0.25) is 0 Å². The molecule has 1 N–H and O–H groups in total. The zero-order chi connectivity index (χ0) is 11.9. The van der Waals surface area contributed by atoms with Gasteiger partial charge in [-0.1, -0.05) is 0 Å². The normalized spacial score (nSPS) is 21.4. The summed E-state index contributed by atoms with van der Waals surface area (Å²) in [5, 5.41) is 16.1. The molecule has 0 aliphatic heterocycles. The Morgan fingerprint density at radius 2 is 2.31 bits per heavy atom. The molecule has 1 heterocycles. The maximum absolute atomic E-state index is 12.7. The first-order valence-electron chi connectivity index (χ1n) is 4.91. The van der Waals surface area contributed by atoms with E-state index in [4.69, 9.17) is 5.11 Å². The molecule has 0 radical (unpaired) electrons. The molecule has 0 spiro atoms. The number of nitrogens with zero attached hydrogens (tertiary/aromatic N) is 3. The van der Waals surface area contributed by atoms with Crippen LogP contribution in [0.15, 0.2) is 6.33 Å². The minimum absolute atomic E-state index is 0.280. The number of hydrogen-bond donors (Lipinski definition) is 1. The number of aliphatic carboxylic acids is 1. The molecule has 2 rings (SSSR count). The Bertz CT molecular complexity index is 411. The first-order valence-corrected chi connectivity index (χ1v) is 4.91. The van der Waals surface area contributed by atoms with Crippen molar-refractivity contribution in [3.05, 3.63) is 12.2 Å². The Morgan fingerprint density at radius 1 is 1.69 bits per heavy atom. The number of rotatable bonds is 3. The highest BCUT2D eigenvalue weighted by Crippen LogP contribution is 2.47. The molecule has 5 nitrogen and oxygen atoms in total. The second kappa shape index (κ2) is 3.50. The van der Waals surface area contributed by atoms with Crippen molar-refractivity contribution in [1.82, 2.24) is 14.8 Å². The monoisotopic (exact) mass is 231 g/mol. The summed E-state index contributed by atoms with van der Waals surface area (Å²) in [6.07, 6.45) is 0.709. The molecule has 1 aliphatic rings. The van der Waals surface area contributed by atoms with Gasteiger partial charge >= 0.3 is 5.97 Å². The van der Waals surface area contributed by atoms with E-state index in [2.05, 4.69) is 10.2 Å². The zero-order valence-corrected chi connectivity index (χ0v) is 8.60. The van der Waals surface area contributed by atoms with E-state index in [9.17, 15) is 13.6 Å². The largest absolute Gasteiger partial charge is 0.480 e. The van der Waals surface area contributed by atoms with Crippen molar-refractivity contribution in [1.29, 1.82) is 0 Å². The Hall–Kier alpha value is -1.53. The van der Waals surface area contributed by atoms with Crippen LogP contribution in [0.25, 0.3) is 0 Å². The van der Waals surface area contributed by atoms with Gasteiger partial charge in [-0.2, -0.15) is 0 Å². The van der Waals surface area contributed by atoms with Crippen molar-refractivity contribution in [2.45, 2.75) is 37.6 Å². The predicted octanol–water partition coefficient (Wildman–Crippen LogP) is 1.44. The van der Waals surface area contributed by atoms with E-state index >= 15 is 0 Å². The van der Waals surface area contributed by atoms with E-state index in [1.807, 2.05) is 0 Å². The highest BCUT2D eigenvalue weighted by Gasteiger charge is 2.48. The van der Waals surface area contributed by atoms with Crippen LogP contribution in [0.5, 0.6) is 0 Å². The van der Waals surface area contributed by atoms with Crippen LogP contribution >= 0.6 is 0 Å². The maximum atomic E-state index is 12.7. The summed E-state index contributed by atoms with van der Waals surface area (Å²) in [4.78, 5) is 10.8. The van der Waals surface area contributed by atoms with Crippen molar-refractivity contribution >= 4 is 5.97 Å². The number of halogens is 2. The summed E-state index contributed by atoms with van der Waals surface area (Å²) in [5.74, 6) is -3.74. The van der Waals surface area contributed by atoms with Crippen molar-refractivity contribution in [2.75, 3.05) is 0 Å². The van der Waals surface area contributed by atoms with E-state index in [0.29, 0.717) is 5.82 Å².